The van der Waals surface area contributed by atoms with E-state index >= 15 is 0 Å². The molecule has 0 radical (unpaired) electrons. The lowest BCUT2D eigenvalue weighted by Gasteiger charge is -2.39. The van der Waals surface area contributed by atoms with Gasteiger partial charge in [0.25, 0.3) is 5.69 Å². The van der Waals surface area contributed by atoms with E-state index in [0.717, 1.165) is 31.4 Å². The van der Waals surface area contributed by atoms with E-state index in [9.17, 15) is 34.1 Å². The van der Waals surface area contributed by atoms with E-state index in [1.165, 1.54) is 41.0 Å². The van der Waals surface area contributed by atoms with Crippen LogP contribution in [0.4, 0.5) is 5.69 Å². The summed E-state index contributed by atoms with van der Waals surface area (Å²) < 4.78 is 0.989. The fourth-order valence-electron chi connectivity index (χ4n) is 7.08. The molecule has 4 atom stereocenters. The molecular weight excluding hydrogens is 803 g/mol. The van der Waals surface area contributed by atoms with Crippen molar-refractivity contribution in [2.45, 2.75) is 69.9 Å². The van der Waals surface area contributed by atoms with Crippen LogP contribution in [-0.4, -0.2) is 68.4 Å². The lowest BCUT2D eigenvalue weighted by atomic mass is 9.91. The van der Waals surface area contributed by atoms with Gasteiger partial charge in [0.1, 0.15) is 24.2 Å². The molecule has 0 bridgehead atoms. The Hall–Kier alpha value is -5.64. The van der Waals surface area contributed by atoms with E-state index in [4.69, 9.17) is 5.73 Å². The van der Waals surface area contributed by atoms with Crippen molar-refractivity contribution in [2.24, 2.45) is 5.73 Å². The first-order valence-electron chi connectivity index (χ1n) is 17.5. The molecule has 4 N–H and O–H groups in total. The van der Waals surface area contributed by atoms with Crippen LogP contribution < -0.4 is 16.4 Å². The highest BCUT2D eigenvalue weighted by atomic mass is 127. The van der Waals surface area contributed by atoms with Crippen LogP contribution in [0, 0.1) is 13.7 Å². The molecule has 2 unspecified atom stereocenters. The molecule has 0 saturated carbocycles. The van der Waals surface area contributed by atoms with Crippen LogP contribution >= 0.6 is 22.6 Å². The number of hydrogen-bond donors (Lipinski definition) is 3. The maximum atomic E-state index is 14.8. The molecule has 6 rings (SSSR count). The summed E-state index contributed by atoms with van der Waals surface area (Å²) in [6.45, 7) is 1.73. The van der Waals surface area contributed by atoms with E-state index < -0.39 is 52.7 Å². The number of carbonyl (C=O) groups is 5. The lowest BCUT2D eigenvalue weighted by Crippen LogP contribution is -2.61. The summed E-state index contributed by atoms with van der Waals surface area (Å²) in [5.74, 6) is -2.70. The average molecular weight is 843 g/mol. The molecule has 14 heteroatoms. The number of amides is 5. The number of benzene rings is 4. The van der Waals surface area contributed by atoms with Gasteiger partial charge in [0.2, 0.25) is 29.5 Å². The van der Waals surface area contributed by atoms with Gasteiger partial charge in [-0.05, 0) is 68.1 Å². The highest BCUT2D eigenvalue weighted by molar-refractivity contribution is 14.1. The van der Waals surface area contributed by atoms with Gasteiger partial charge in [0.15, 0.2) is 0 Å². The molecule has 4 aromatic rings. The number of rotatable bonds is 11. The molecule has 13 nitrogen and oxygen atoms in total. The number of non-ortho nitro benzene ring substituents is 1. The largest absolute Gasteiger partial charge is 0.368 e. The second-order valence-electron chi connectivity index (χ2n) is 13.6. The van der Waals surface area contributed by atoms with Crippen LogP contribution in [0.5, 0.6) is 0 Å². The first-order chi connectivity index (χ1) is 25.9. The third kappa shape index (κ3) is 8.76. The summed E-state index contributed by atoms with van der Waals surface area (Å²) >= 11 is 2.18. The SMILES string of the molecule is CC(=O)N1Cc2ccccc2CC1C(=O)N[C@H](Cc1ccc(I)cc1)C(=O)N1Cc2ccccc2CC1C(=O)N[C@H](Cc1ccc([N+](=O)[O-])cc1)C(N)=O. The summed E-state index contributed by atoms with van der Waals surface area (Å²) in [4.78, 5) is 82.1. The van der Waals surface area contributed by atoms with Crippen molar-refractivity contribution in [3.63, 3.8) is 0 Å². The Morgan fingerprint density at radius 1 is 0.722 bits per heavy atom. The minimum Gasteiger partial charge on any atom is -0.368 e. The van der Waals surface area contributed by atoms with Crippen molar-refractivity contribution in [3.05, 3.63) is 144 Å². The zero-order valence-corrected chi connectivity index (χ0v) is 31.6. The van der Waals surface area contributed by atoms with E-state index in [0.29, 0.717) is 5.56 Å². The smallest absolute Gasteiger partial charge is 0.269 e. The lowest BCUT2D eigenvalue weighted by molar-refractivity contribution is -0.384. The molecule has 0 aliphatic carbocycles. The summed E-state index contributed by atoms with van der Waals surface area (Å²) in [5, 5.41) is 16.8. The van der Waals surface area contributed by atoms with Crippen molar-refractivity contribution in [1.29, 1.82) is 0 Å². The van der Waals surface area contributed by atoms with Crippen LogP contribution in [0.3, 0.4) is 0 Å². The van der Waals surface area contributed by atoms with Gasteiger partial charge in [-0.3, -0.25) is 34.1 Å². The third-order valence-corrected chi connectivity index (χ3v) is 10.7. The Labute approximate surface area is 325 Å². The molecule has 0 spiro atoms. The maximum Gasteiger partial charge on any atom is 0.269 e. The van der Waals surface area contributed by atoms with Gasteiger partial charge < -0.3 is 26.2 Å². The minimum atomic E-state index is -1.18. The van der Waals surface area contributed by atoms with Crippen molar-refractivity contribution in [2.75, 3.05) is 0 Å². The Morgan fingerprint density at radius 2 is 1.17 bits per heavy atom. The first-order valence-corrected chi connectivity index (χ1v) is 18.5. The predicted octanol–water partition coefficient (Wildman–Crippen LogP) is 3.37. The van der Waals surface area contributed by atoms with Crippen LogP contribution in [0.15, 0.2) is 97.1 Å². The van der Waals surface area contributed by atoms with Crippen LogP contribution in [-0.2, 0) is 62.7 Å². The van der Waals surface area contributed by atoms with E-state index in [1.807, 2.05) is 72.8 Å². The Bertz CT molecular complexity index is 2090. The van der Waals surface area contributed by atoms with Crippen LogP contribution in [0.25, 0.3) is 0 Å². The second kappa shape index (κ2) is 16.6. The predicted molar refractivity (Wildman–Crippen MR) is 207 cm³/mol. The van der Waals surface area contributed by atoms with Gasteiger partial charge in [-0.25, -0.2) is 0 Å². The number of nitrogens with zero attached hydrogens (tertiary/aromatic N) is 3. The standard InChI is InChI=1S/C40H39IN6O7/c1-24(48)45-22-29-8-4-2-6-27(29)20-35(45)38(50)44-34(19-25-10-14-31(41)15-11-25)40(52)46-23-30-9-5-3-7-28(30)21-36(46)39(51)43-33(37(42)49)18-26-12-16-32(17-13-26)47(53)54/h2-17,33-36H,18-23H2,1H3,(H2,42,49)(H,43,51)(H,44,50)/t33-,34-,35?,36?/m1/s1. The molecule has 0 fully saturated rings. The normalized spacial score (nSPS) is 17.3. The van der Waals surface area contributed by atoms with Gasteiger partial charge in [0.05, 0.1) is 4.92 Å². The molecular formula is C40H39IN6O7. The van der Waals surface area contributed by atoms with Crippen LogP contribution in [0.1, 0.15) is 40.3 Å². The number of nitrogens with one attached hydrogen (secondary N) is 2. The monoisotopic (exact) mass is 842 g/mol. The Balaban J connectivity index is 1.29. The van der Waals surface area contributed by atoms with Gasteiger partial charge in [-0.15, -0.1) is 0 Å². The van der Waals surface area contributed by atoms with Gasteiger partial charge in [-0.1, -0.05) is 72.8 Å². The zero-order chi connectivity index (χ0) is 38.5. The quantitative estimate of drug-likeness (QED) is 0.118. The molecule has 4 aromatic carbocycles. The van der Waals surface area contributed by atoms with Crippen molar-refractivity contribution < 1.29 is 28.9 Å². The summed E-state index contributed by atoms with van der Waals surface area (Å²) in [7, 11) is 0. The van der Waals surface area contributed by atoms with E-state index in [2.05, 4.69) is 33.2 Å². The van der Waals surface area contributed by atoms with Crippen molar-refractivity contribution >= 4 is 57.8 Å². The highest BCUT2D eigenvalue weighted by Gasteiger charge is 2.41. The Morgan fingerprint density at radius 3 is 1.67 bits per heavy atom. The second-order valence-corrected chi connectivity index (χ2v) is 14.8. The number of halogens is 1. The molecule has 2 heterocycles. The van der Waals surface area contributed by atoms with Gasteiger partial charge in [-0.2, -0.15) is 0 Å². The van der Waals surface area contributed by atoms with E-state index in [1.54, 1.807) is 0 Å². The average Bonchev–Trinajstić information content (AvgIpc) is 3.16. The molecule has 0 aromatic heterocycles. The number of fused-ring (bicyclic) bond motifs is 2. The zero-order valence-electron chi connectivity index (χ0n) is 29.4. The molecule has 2 aliphatic rings. The summed E-state index contributed by atoms with van der Waals surface area (Å²) in [5.41, 5.74) is 10.5. The molecule has 0 saturated heterocycles. The van der Waals surface area contributed by atoms with Crippen LogP contribution in [0.2, 0.25) is 0 Å². The number of nitro groups is 1. The fourth-order valence-corrected chi connectivity index (χ4v) is 7.44. The topological polar surface area (TPSA) is 185 Å². The molecule has 278 valence electrons. The molecule has 2 aliphatic heterocycles. The van der Waals surface area contributed by atoms with E-state index in [-0.39, 0.29) is 50.4 Å². The molecule has 54 heavy (non-hydrogen) atoms. The van der Waals surface area contributed by atoms with Gasteiger partial charge in [0, 0.05) is 61.4 Å². The number of nitrogens with two attached hydrogens (primary N) is 1. The summed E-state index contributed by atoms with van der Waals surface area (Å²) in [6.07, 6.45) is 0.496. The Kier molecular flexibility index (Phi) is 11.7. The number of hydrogen-bond acceptors (Lipinski definition) is 7. The number of primary amides is 1. The first kappa shape index (κ1) is 38.1. The number of nitro benzene ring substituents is 1. The fraction of sp³-hybridized carbons (Fsp3) is 0.275. The minimum absolute atomic E-state index is 0.0288. The maximum absolute atomic E-state index is 14.8. The number of carbonyl (C=O) groups excluding carboxylic acids is 5. The van der Waals surface area contributed by atoms with Gasteiger partial charge >= 0.3 is 0 Å². The van der Waals surface area contributed by atoms with Crippen molar-refractivity contribution in [3.8, 4) is 0 Å². The third-order valence-electron chi connectivity index (χ3n) is 10.0. The molecule has 5 amide bonds. The highest BCUT2D eigenvalue weighted by Crippen LogP contribution is 2.27. The summed E-state index contributed by atoms with van der Waals surface area (Å²) in [6, 6.07) is 24.0. The van der Waals surface area contributed by atoms with Crippen molar-refractivity contribution in [1.82, 2.24) is 20.4 Å².